The lowest BCUT2D eigenvalue weighted by atomic mass is 10.0. The van der Waals surface area contributed by atoms with Gasteiger partial charge in [-0.15, -0.1) is 0 Å². The van der Waals surface area contributed by atoms with E-state index in [0.29, 0.717) is 0 Å². The number of ether oxygens (including phenoxy) is 1. The predicted octanol–water partition coefficient (Wildman–Crippen LogP) is 2.33. The summed E-state index contributed by atoms with van der Waals surface area (Å²) in [6, 6.07) is 0.195. The Morgan fingerprint density at radius 3 is 2.67 bits per heavy atom. The molecular weight excluding hydrogens is 264 g/mol. The number of pyridine rings is 1. The second kappa shape index (κ2) is 6.72. The van der Waals surface area contributed by atoms with Gasteiger partial charge in [-0.05, 0) is 20.4 Å². The van der Waals surface area contributed by atoms with E-state index in [0.717, 1.165) is 41.2 Å². The molecule has 1 N–H and O–H groups in total. The van der Waals surface area contributed by atoms with E-state index in [-0.39, 0.29) is 6.04 Å². The van der Waals surface area contributed by atoms with Crippen molar-refractivity contribution in [3.63, 3.8) is 0 Å². The molecule has 0 aliphatic carbocycles. The Kier molecular flexibility index (Phi) is 4.96. The molecule has 2 aromatic heterocycles. The molecule has 2 heterocycles. The van der Waals surface area contributed by atoms with Gasteiger partial charge in [-0.25, -0.2) is 4.98 Å². The van der Waals surface area contributed by atoms with E-state index in [1.807, 2.05) is 37.3 Å². The van der Waals surface area contributed by atoms with Crippen LogP contribution in [0.3, 0.4) is 0 Å². The molecule has 0 amide bonds. The first-order valence-electron chi connectivity index (χ1n) is 7.27. The third-order valence-electron chi connectivity index (χ3n) is 3.81. The van der Waals surface area contributed by atoms with Crippen LogP contribution in [0.1, 0.15) is 35.5 Å². The SMILES string of the molecule is CCNC(Cc1ncc(C)c(OC)c1C)c1cncn1C. The molecule has 0 aliphatic rings. The van der Waals surface area contributed by atoms with E-state index in [1.165, 1.54) is 0 Å². The first-order chi connectivity index (χ1) is 10.1. The zero-order valence-corrected chi connectivity index (χ0v) is 13.5. The van der Waals surface area contributed by atoms with Crippen molar-refractivity contribution in [2.45, 2.75) is 33.2 Å². The summed E-state index contributed by atoms with van der Waals surface area (Å²) in [4.78, 5) is 8.81. The summed E-state index contributed by atoms with van der Waals surface area (Å²) in [7, 11) is 3.73. The highest BCUT2D eigenvalue weighted by molar-refractivity contribution is 5.41. The number of hydrogen-bond acceptors (Lipinski definition) is 4. The molecule has 21 heavy (non-hydrogen) atoms. The van der Waals surface area contributed by atoms with Crippen LogP contribution in [0.15, 0.2) is 18.7 Å². The largest absolute Gasteiger partial charge is 0.496 e. The Hall–Kier alpha value is -1.88. The van der Waals surface area contributed by atoms with E-state index in [9.17, 15) is 0 Å². The van der Waals surface area contributed by atoms with Gasteiger partial charge in [-0.2, -0.15) is 0 Å². The van der Waals surface area contributed by atoms with Gasteiger partial charge in [0.2, 0.25) is 0 Å². The van der Waals surface area contributed by atoms with Gasteiger partial charge in [0.15, 0.2) is 0 Å². The van der Waals surface area contributed by atoms with Gasteiger partial charge in [0.1, 0.15) is 5.75 Å². The highest BCUT2D eigenvalue weighted by Gasteiger charge is 2.18. The zero-order valence-electron chi connectivity index (χ0n) is 13.5. The Morgan fingerprint density at radius 2 is 2.10 bits per heavy atom. The quantitative estimate of drug-likeness (QED) is 0.886. The number of rotatable bonds is 6. The standard InChI is InChI=1S/C16H24N4O/c1-6-18-14(15-9-17-10-20(15)4)7-13-12(3)16(21-5)11(2)8-19-13/h8-10,14,18H,6-7H2,1-5H3. The van der Waals surface area contributed by atoms with Crippen LogP contribution < -0.4 is 10.1 Å². The maximum Gasteiger partial charge on any atom is 0.128 e. The monoisotopic (exact) mass is 288 g/mol. The fourth-order valence-electron chi connectivity index (χ4n) is 2.70. The third-order valence-corrected chi connectivity index (χ3v) is 3.81. The average Bonchev–Trinajstić information content (AvgIpc) is 2.88. The molecule has 5 heteroatoms. The lowest BCUT2D eigenvalue weighted by Gasteiger charge is -2.20. The predicted molar refractivity (Wildman–Crippen MR) is 83.6 cm³/mol. The third kappa shape index (κ3) is 3.24. The van der Waals surface area contributed by atoms with Crippen LogP contribution >= 0.6 is 0 Å². The lowest BCUT2D eigenvalue weighted by molar-refractivity contribution is 0.406. The minimum atomic E-state index is 0.195. The van der Waals surface area contributed by atoms with Crippen molar-refractivity contribution >= 4 is 0 Å². The van der Waals surface area contributed by atoms with Gasteiger partial charge < -0.3 is 14.6 Å². The van der Waals surface area contributed by atoms with Crippen LogP contribution in [0.4, 0.5) is 0 Å². The molecule has 0 saturated heterocycles. The Bertz CT molecular complexity index is 606. The van der Waals surface area contributed by atoms with Gasteiger partial charge in [0.25, 0.3) is 0 Å². The number of aryl methyl sites for hydroxylation is 2. The summed E-state index contributed by atoms with van der Waals surface area (Å²) in [6.07, 6.45) is 6.44. The summed E-state index contributed by atoms with van der Waals surface area (Å²) < 4.78 is 7.54. The van der Waals surface area contributed by atoms with E-state index in [4.69, 9.17) is 4.74 Å². The smallest absolute Gasteiger partial charge is 0.128 e. The summed E-state index contributed by atoms with van der Waals surface area (Å²) in [5, 5.41) is 3.51. The van der Waals surface area contributed by atoms with Crippen molar-refractivity contribution in [3.8, 4) is 5.75 Å². The molecule has 2 rings (SSSR count). The molecule has 0 saturated carbocycles. The Morgan fingerprint density at radius 1 is 1.33 bits per heavy atom. The number of nitrogens with zero attached hydrogens (tertiary/aromatic N) is 3. The van der Waals surface area contributed by atoms with Crippen molar-refractivity contribution in [1.29, 1.82) is 0 Å². The molecule has 0 aliphatic heterocycles. The summed E-state index contributed by atoms with van der Waals surface area (Å²) in [5.41, 5.74) is 4.41. The highest BCUT2D eigenvalue weighted by atomic mass is 16.5. The molecular formula is C16H24N4O. The Labute approximate surface area is 126 Å². The van der Waals surface area contributed by atoms with Gasteiger partial charge in [0.05, 0.1) is 25.2 Å². The lowest BCUT2D eigenvalue weighted by Crippen LogP contribution is -2.25. The minimum Gasteiger partial charge on any atom is -0.496 e. The number of nitrogens with one attached hydrogen (secondary N) is 1. The molecule has 0 radical (unpaired) electrons. The van der Waals surface area contributed by atoms with E-state index >= 15 is 0 Å². The first kappa shape index (κ1) is 15.5. The zero-order chi connectivity index (χ0) is 15.4. The molecule has 2 aromatic rings. The van der Waals surface area contributed by atoms with Crippen LogP contribution in [0, 0.1) is 13.8 Å². The second-order valence-corrected chi connectivity index (χ2v) is 5.29. The second-order valence-electron chi connectivity index (χ2n) is 5.29. The van der Waals surface area contributed by atoms with Crippen molar-refractivity contribution in [2.24, 2.45) is 7.05 Å². The first-order valence-corrected chi connectivity index (χ1v) is 7.27. The molecule has 5 nitrogen and oxygen atoms in total. The van der Waals surface area contributed by atoms with Crippen LogP contribution in [0.5, 0.6) is 5.75 Å². The molecule has 0 spiro atoms. The summed E-state index contributed by atoms with van der Waals surface area (Å²) in [6.45, 7) is 7.10. The molecule has 1 unspecified atom stereocenters. The normalized spacial score (nSPS) is 12.4. The highest BCUT2D eigenvalue weighted by Crippen LogP contribution is 2.27. The maximum atomic E-state index is 5.49. The number of imidazole rings is 1. The van der Waals surface area contributed by atoms with E-state index in [1.54, 1.807) is 7.11 Å². The Balaban J connectivity index is 2.32. The number of hydrogen-bond donors (Lipinski definition) is 1. The number of aromatic nitrogens is 3. The minimum absolute atomic E-state index is 0.195. The van der Waals surface area contributed by atoms with Crippen molar-refractivity contribution in [2.75, 3.05) is 13.7 Å². The van der Waals surface area contributed by atoms with E-state index < -0.39 is 0 Å². The van der Waals surface area contributed by atoms with E-state index in [2.05, 4.69) is 29.1 Å². The fraction of sp³-hybridized carbons (Fsp3) is 0.500. The van der Waals surface area contributed by atoms with Crippen molar-refractivity contribution < 1.29 is 4.74 Å². The molecule has 114 valence electrons. The van der Waals surface area contributed by atoms with Gasteiger partial charge >= 0.3 is 0 Å². The molecule has 0 fully saturated rings. The van der Waals surface area contributed by atoms with Crippen LogP contribution in [-0.4, -0.2) is 28.2 Å². The summed E-state index contributed by atoms with van der Waals surface area (Å²) in [5.74, 6) is 0.931. The number of methoxy groups -OCH3 is 1. The molecule has 0 bridgehead atoms. The maximum absolute atomic E-state index is 5.49. The van der Waals surface area contributed by atoms with Crippen LogP contribution in [-0.2, 0) is 13.5 Å². The fourth-order valence-corrected chi connectivity index (χ4v) is 2.70. The van der Waals surface area contributed by atoms with Crippen LogP contribution in [0.2, 0.25) is 0 Å². The van der Waals surface area contributed by atoms with Crippen LogP contribution in [0.25, 0.3) is 0 Å². The average molecular weight is 288 g/mol. The van der Waals surface area contributed by atoms with Gasteiger partial charge in [-0.3, -0.25) is 4.98 Å². The van der Waals surface area contributed by atoms with Crippen molar-refractivity contribution in [1.82, 2.24) is 19.9 Å². The molecule has 1 atom stereocenters. The molecule has 0 aromatic carbocycles. The van der Waals surface area contributed by atoms with Gasteiger partial charge in [0, 0.05) is 42.7 Å². The van der Waals surface area contributed by atoms with Crippen molar-refractivity contribution in [3.05, 3.63) is 41.2 Å². The topological polar surface area (TPSA) is 52.0 Å². The number of likely N-dealkylation sites (N-methyl/N-ethyl adjacent to an activating group) is 1. The summed E-state index contributed by atoms with van der Waals surface area (Å²) >= 11 is 0. The van der Waals surface area contributed by atoms with Gasteiger partial charge in [-0.1, -0.05) is 6.92 Å².